The molecular weight excluding hydrogens is 1310 g/mol. The van der Waals surface area contributed by atoms with Gasteiger partial charge in [-0.2, -0.15) is 25.3 Å². The number of rotatable bonds is 46. The van der Waals surface area contributed by atoms with E-state index in [1.807, 2.05) is 0 Å². The molecule has 2 aromatic rings. The molecule has 0 aliphatic rings. The van der Waals surface area contributed by atoms with Crippen molar-refractivity contribution in [3.8, 4) is 0 Å². The van der Waals surface area contributed by atoms with E-state index in [4.69, 9.17) is 40.1 Å². The lowest BCUT2D eigenvalue weighted by Gasteiger charge is -2.32. The summed E-state index contributed by atoms with van der Waals surface area (Å²) in [7, 11) is 0. The highest BCUT2D eigenvalue weighted by molar-refractivity contribution is 7.80. The Morgan fingerprint density at radius 2 is 0.939 bits per heavy atom. The highest BCUT2D eigenvalue weighted by Gasteiger charge is 2.39. The molecule has 0 radical (unpaired) electrons. The summed E-state index contributed by atoms with van der Waals surface area (Å²) in [5.41, 5.74) is 40.3. The van der Waals surface area contributed by atoms with Gasteiger partial charge in [0.25, 0.3) is 5.91 Å². The molecule has 2 aromatic carbocycles. The van der Waals surface area contributed by atoms with Gasteiger partial charge in [-0.3, -0.25) is 77.4 Å². The van der Waals surface area contributed by atoms with Crippen LogP contribution in [0.4, 0.5) is 0 Å². The molecule has 11 atom stereocenters. The fraction of sp³-hybridized carbons (Fsp3) is 0.548. The van der Waals surface area contributed by atoms with E-state index in [1.165, 1.54) is 0 Å². The van der Waals surface area contributed by atoms with Gasteiger partial charge < -0.3 is 97.9 Å². The lowest BCUT2D eigenvalue weighted by atomic mass is 9.96. The number of carboxylic acid groups (broad SMARTS) is 1. The molecule has 36 heteroatoms. The fourth-order valence-corrected chi connectivity index (χ4v) is 9.97. The number of nitrogens with two attached hydrogens (primary N) is 7. The van der Waals surface area contributed by atoms with E-state index in [0.717, 1.165) is 10.5 Å². The van der Waals surface area contributed by atoms with Gasteiger partial charge in [0.1, 0.15) is 48.6 Å². The Morgan fingerprint density at radius 1 is 0.520 bits per heavy atom. The van der Waals surface area contributed by atoms with E-state index in [2.05, 4.69) is 88.1 Å². The zero-order valence-electron chi connectivity index (χ0n) is 55.6. The van der Waals surface area contributed by atoms with Crippen LogP contribution >= 0.6 is 25.3 Å². The number of nitrogens with zero attached hydrogens (tertiary/aromatic N) is 4. The van der Waals surface area contributed by atoms with E-state index >= 15 is 0 Å². The molecule has 0 heterocycles. The van der Waals surface area contributed by atoms with E-state index in [1.54, 1.807) is 88.4 Å². The van der Waals surface area contributed by atoms with Crippen LogP contribution in [-0.2, 0) is 75.2 Å². The van der Waals surface area contributed by atoms with Crippen LogP contribution in [0.1, 0.15) is 103 Å². The largest absolute Gasteiger partial charge is 0.481 e. The Morgan fingerprint density at radius 3 is 1.39 bits per heavy atom. The maximum atomic E-state index is 14.6. The molecule has 0 aliphatic carbocycles. The van der Waals surface area contributed by atoms with Crippen LogP contribution in [0.25, 0.3) is 0 Å². The van der Waals surface area contributed by atoms with Crippen LogP contribution < -0.4 is 88.0 Å². The number of thiol groups is 2. The van der Waals surface area contributed by atoms with Crippen LogP contribution in [0, 0.1) is 11.8 Å². The van der Waals surface area contributed by atoms with Crippen LogP contribution in [-0.4, -0.2) is 204 Å². The minimum Gasteiger partial charge on any atom is -0.481 e. The number of aliphatic carboxylic acids is 1. The number of nitrogens with one attached hydrogen (secondary N) is 9. The van der Waals surface area contributed by atoms with Gasteiger partial charge >= 0.3 is 5.97 Å². The molecule has 0 spiro atoms. The van der Waals surface area contributed by atoms with Gasteiger partial charge in [0.05, 0.1) is 31.6 Å². The molecule has 2 rings (SSSR count). The van der Waals surface area contributed by atoms with Crippen molar-refractivity contribution in [1.82, 2.24) is 52.8 Å². The zero-order chi connectivity index (χ0) is 73.4. The Balaban J connectivity index is 2.46. The van der Waals surface area contributed by atoms with Gasteiger partial charge in [-0.25, -0.2) is 0 Å². The predicted molar refractivity (Wildman–Crippen MR) is 373 cm³/mol. The first-order valence-electron chi connectivity index (χ1n) is 31.9. The van der Waals surface area contributed by atoms with Crippen molar-refractivity contribution in [2.24, 2.45) is 66.9 Å². The molecule has 0 unspecified atom stereocenters. The third-order valence-corrected chi connectivity index (χ3v) is 15.9. The summed E-state index contributed by atoms with van der Waals surface area (Å²) in [6.07, 6.45) is -0.572. The second-order valence-electron chi connectivity index (χ2n) is 23.0. The summed E-state index contributed by atoms with van der Waals surface area (Å²) < 4.78 is 0. The Bertz CT molecular complexity index is 3070. The monoisotopic (exact) mass is 1410 g/mol. The molecule has 0 bridgehead atoms. The number of guanidine groups is 3. The highest BCUT2D eigenvalue weighted by atomic mass is 32.1. The molecule has 98 heavy (non-hydrogen) atoms. The van der Waals surface area contributed by atoms with Crippen molar-refractivity contribution in [3.63, 3.8) is 0 Å². The van der Waals surface area contributed by atoms with Gasteiger partial charge in [-0.15, -0.1) is 0 Å². The molecule has 34 nitrogen and oxygen atoms in total. The second-order valence-corrected chi connectivity index (χ2v) is 23.8. The van der Waals surface area contributed by atoms with E-state index in [-0.39, 0.29) is 120 Å². The summed E-state index contributed by atoms with van der Waals surface area (Å²) in [4.78, 5) is 190. The van der Waals surface area contributed by atoms with E-state index in [9.17, 15) is 67.4 Å². The number of benzene rings is 2. The second kappa shape index (κ2) is 45.8. The van der Waals surface area contributed by atoms with Crippen molar-refractivity contribution >= 4 is 120 Å². The van der Waals surface area contributed by atoms with Crippen LogP contribution in [0.5, 0.6) is 0 Å². The lowest BCUT2D eigenvalue weighted by molar-refractivity contribution is -0.152. The molecule has 0 fully saturated rings. The third-order valence-electron chi connectivity index (χ3n) is 15.3. The van der Waals surface area contributed by atoms with Crippen molar-refractivity contribution in [3.05, 3.63) is 71.8 Å². The standard InChI is InChI=1S/C62H98N20O14S2/c1-5-35(3)50(80-53(90)41(21-14-25-71-61(66)67)75-47(85)32-73-46(84)31-74-52(89)40(63)28-37-16-9-7-10-17-37)57(94)77-43(30-49(87)88)55(92)76-42(22-15-26-72-62(68)69)54(91)81-51(36(4)6-2)58(95)79-45(34-98)56(93)78-44(29-38-18-11-8-12-19-38)59(96)82(48(86)23-27-97)39(33-83)20-13-24-70-60(64)65/h7-12,16-19,33,35-36,39-45,50-51,97-98H,5-6,13-15,20-32,34,63H2,1-4H3,(H,73,84)(H,74,89)(H,75,85)(H,76,92)(H,77,94)(H,78,93)(H,79,95)(H,80,90)(H,81,91)(H,87,88)(H4,64,65,70)(H4,66,67,71)(H4,68,69,72)/t35-,36-,39-,40-,41-,42-,43-,44-,45-,50-,51-/m0/s1. The molecule has 24 N–H and O–H groups in total. The van der Waals surface area contributed by atoms with Gasteiger partial charge in [0.15, 0.2) is 17.9 Å². The van der Waals surface area contributed by atoms with Gasteiger partial charge in [0.2, 0.25) is 59.1 Å². The van der Waals surface area contributed by atoms with Crippen LogP contribution in [0.2, 0.25) is 0 Å². The highest BCUT2D eigenvalue weighted by Crippen LogP contribution is 2.17. The SMILES string of the molecule is CC[C@H](C)[C@H](NC(=O)[C@H](CCCN=C(N)N)NC(=O)CNC(=O)CNC(=O)[C@@H](N)Cc1ccccc1)C(=O)N[C@@H](CC(=O)O)C(=O)N[C@@H](CCCN=C(N)N)C(=O)N[C@H](C(=O)N[C@@H](CS)C(=O)N[C@@H](Cc1ccccc1)C(=O)N(C(=O)CCS)[C@H](C=O)CCCN=C(N)N)[C@@H](C)CC. The van der Waals surface area contributed by atoms with Crippen LogP contribution in [0.3, 0.4) is 0 Å². The number of carboxylic acids is 1. The maximum Gasteiger partial charge on any atom is 0.305 e. The Labute approximate surface area is 580 Å². The number of hydrogen-bond donors (Lipinski definition) is 19. The van der Waals surface area contributed by atoms with Crippen LogP contribution in [0.15, 0.2) is 75.6 Å². The average Bonchev–Trinajstić information content (AvgIpc) is 0.834. The predicted octanol–water partition coefficient (Wildman–Crippen LogP) is -4.67. The molecule has 0 aliphatic heterocycles. The minimum atomic E-state index is -1.94. The van der Waals surface area contributed by atoms with E-state index in [0.29, 0.717) is 11.8 Å². The number of aliphatic imine (C=N–C) groups is 3. The number of amides is 11. The summed E-state index contributed by atoms with van der Waals surface area (Å²) >= 11 is 8.49. The number of aldehydes is 1. The lowest BCUT2D eigenvalue weighted by Crippen LogP contribution is -2.62. The Kier molecular flexibility index (Phi) is 39.5. The topological polar surface area (TPSA) is 573 Å². The summed E-state index contributed by atoms with van der Waals surface area (Å²) in [5, 5.41) is 32.6. The minimum absolute atomic E-state index is 0.00151. The van der Waals surface area contributed by atoms with Gasteiger partial charge in [-0.05, 0) is 73.7 Å². The van der Waals surface area contributed by atoms with Gasteiger partial charge in [0, 0.05) is 38.2 Å². The molecule has 542 valence electrons. The first-order chi connectivity index (χ1) is 46.5. The molecule has 11 amide bonds. The summed E-state index contributed by atoms with van der Waals surface area (Å²) in [6, 6.07) is 4.10. The third kappa shape index (κ3) is 32.0. The zero-order valence-corrected chi connectivity index (χ0v) is 57.4. The number of hydrogen-bond acceptors (Lipinski definition) is 19. The first kappa shape index (κ1) is 84.5. The smallest absolute Gasteiger partial charge is 0.305 e. The van der Waals surface area contributed by atoms with E-state index < -0.39 is 157 Å². The molecular formula is C62H98N20O14S2. The quantitative estimate of drug-likeness (QED) is 0.00974. The number of carbonyl (C=O) groups excluding carboxylic acids is 12. The normalized spacial score (nSPS) is 14.2. The molecule has 0 saturated heterocycles. The number of carbonyl (C=O) groups is 13. The molecule has 0 aromatic heterocycles. The number of imide groups is 1. The van der Waals surface area contributed by atoms with Crippen molar-refractivity contribution < 1.29 is 67.4 Å². The maximum absolute atomic E-state index is 14.6. The van der Waals surface area contributed by atoms with Crippen molar-refractivity contribution in [2.45, 2.75) is 159 Å². The Hall–Kier alpha value is -9.58. The summed E-state index contributed by atoms with van der Waals surface area (Å²) in [6.45, 7) is 5.32. The van der Waals surface area contributed by atoms with Crippen molar-refractivity contribution in [1.29, 1.82) is 0 Å². The van der Waals surface area contributed by atoms with Gasteiger partial charge in [-0.1, -0.05) is 101 Å². The summed E-state index contributed by atoms with van der Waals surface area (Å²) in [5.74, 6) is -14.2. The molecule has 0 saturated carbocycles. The average molecular weight is 1410 g/mol. The fourth-order valence-electron chi connectivity index (χ4n) is 9.52. The first-order valence-corrected chi connectivity index (χ1v) is 33.2. The van der Waals surface area contributed by atoms with Crippen molar-refractivity contribution in [2.75, 3.05) is 44.2 Å².